The molecule has 3 N–H and O–H groups in total. The van der Waals surface area contributed by atoms with Crippen LogP contribution in [0.3, 0.4) is 0 Å². The molecular formula is C22H33N7O. The molecule has 8 nitrogen and oxygen atoms in total. The average molecular weight is 412 g/mol. The molecule has 1 unspecified atom stereocenters. The van der Waals surface area contributed by atoms with E-state index in [-0.39, 0.29) is 12.1 Å². The minimum Gasteiger partial charge on any atom is -0.391 e. The zero-order chi connectivity index (χ0) is 21.8. The molecule has 3 aromatic heterocycles. The molecule has 30 heavy (non-hydrogen) atoms. The zero-order valence-corrected chi connectivity index (χ0v) is 18.8. The fourth-order valence-corrected chi connectivity index (χ4v) is 3.48. The van der Waals surface area contributed by atoms with Gasteiger partial charge in [0.05, 0.1) is 18.5 Å². The maximum Gasteiger partial charge on any atom is 0.227 e. The number of aliphatic hydroxyl groups excluding tert-OH is 1. The number of pyridine rings is 1. The summed E-state index contributed by atoms with van der Waals surface area (Å²) in [5, 5.41) is 16.9. The molecule has 0 saturated carbocycles. The number of hydrogen-bond donors (Lipinski definition) is 3. The van der Waals surface area contributed by atoms with Crippen molar-refractivity contribution in [2.75, 3.05) is 10.6 Å². The van der Waals surface area contributed by atoms with Crippen LogP contribution in [-0.2, 0) is 6.54 Å². The van der Waals surface area contributed by atoms with Crippen LogP contribution in [0.2, 0.25) is 0 Å². The van der Waals surface area contributed by atoms with Gasteiger partial charge in [-0.05, 0) is 58.2 Å². The van der Waals surface area contributed by atoms with Crippen molar-refractivity contribution in [2.45, 2.75) is 79.1 Å². The van der Waals surface area contributed by atoms with Gasteiger partial charge < -0.3 is 20.3 Å². The Morgan fingerprint density at radius 3 is 2.53 bits per heavy atom. The highest BCUT2D eigenvalue weighted by Gasteiger charge is 2.19. The van der Waals surface area contributed by atoms with E-state index in [1.54, 1.807) is 13.3 Å². The van der Waals surface area contributed by atoms with Crippen LogP contribution in [-0.4, -0.2) is 41.8 Å². The van der Waals surface area contributed by atoms with E-state index in [4.69, 9.17) is 9.97 Å². The molecule has 0 aromatic carbocycles. The number of imidazole rings is 1. The Balaban J connectivity index is 1.96. The van der Waals surface area contributed by atoms with Gasteiger partial charge >= 0.3 is 0 Å². The molecule has 3 aromatic rings. The summed E-state index contributed by atoms with van der Waals surface area (Å²) < 4.78 is 2.03. The topological polar surface area (TPSA) is 101 Å². The number of nitrogens with one attached hydrogen (secondary N) is 2. The van der Waals surface area contributed by atoms with Gasteiger partial charge in [-0.15, -0.1) is 0 Å². The quantitative estimate of drug-likeness (QED) is 0.489. The van der Waals surface area contributed by atoms with E-state index in [1.165, 1.54) is 5.56 Å². The molecule has 8 heteroatoms. The Labute approximate surface area is 178 Å². The number of aryl methyl sites for hydroxylation is 2. The average Bonchev–Trinajstić information content (AvgIpc) is 3.11. The minimum absolute atomic E-state index is 0.112. The van der Waals surface area contributed by atoms with Gasteiger partial charge in [-0.3, -0.25) is 4.98 Å². The molecule has 0 bridgehead atoms. The first kappa shape index (κ1) is 22.0. The SMILES string of the molecule is CCCC(Nc1nc(NCc2cnc(C)cc2C)c2ncn(C(C)C)c2n1)[C@@H](C)O. The highest BCUT2D eigenvalue weighted by atomic mass is 16.3. The van der Waals surface area contributed by atoms with Crippen LogP contribution in [0.25, 0.3) is 11.2 Å². The highest BCUT2D eigenvalue weighted by molar-refractivity contribution is 5.84. The number of anilines is 2. The highest BCUT2D eigenvalue weighted by Crippen LogP contribution is 2.25. The summed E-state index contributed by atoms with van der Waals surface area (Å²) in [6.45, 7) is 12.7. The Bertz CT molecular complexity index is 997. The van der Waals surface area contributed by atoms with Crippen LogP contribution in [0.15, 0.2) is 18.6 Å². The lowest BCUT2D eigenvalue weighted by Crippen LogP contribution is -2.32. The lowest BCUT2D eigenvalue weighted by atomic mass is 10.1. The van der Waals surface area contributed by atoms with Crippen molar-refractivity contribution in [3.05, 3.63) is 35.4 Å². The molecule has 0 aliphatic heterocycles. The van der Waals surface area contributed by atoms with Gasteiger partial charge in [-0.1, -0.05) is 13.3 Å². The van der Waals surface area contributed by atoms with Crippen molar-refractivity contribution in [3.8, 4) is 0 Å². The third-order valence-electron chi connectivity index (χ3n) is 5.28. The molecular weight excluding hydrogens is 378 g/mol. The second-order valence-corrected chi connectivity index (χ2v) is 8.20. The molecule has 3 heterocycles. The van der Waals surface area contributed by atoms with Crippen molar-refractivity contribution in [3.63, 3.8) is 0 Å². The van der Waals surface area contributed by atoms with E-state index < -0.39 is 6.10 Å². The number of aromatic nitrogens is 5. The van der Waals surface area contributed by atoms with E-state index in [0.717, 1.165) is 35.3 Å². The maximum atomic E-state index is 10.1. The molecule has 3 rings (SSSR count). The van der Waals surface area contributed by atoms with Gasteiger partial charge in [0.2, 0.25) is 5.95 Å². The van der Waals surface area contributed by atoms with Crippen LogP contribution in [0, 0.1) is 13.8 Å². The van der Waals surface area contributed by atoms with Gasteiger partial charge in [0.25, 0.3) is 0 Å². The molecule has 2 atom stereocenters. The van der Waals surface area contributed by atoms with Crippen LogP contribution >= 0.6 is 0 Å². The number of nitrogens with zero attached hydrogens (tertiary/aromatic N) is 5. The Morgan fingerprint density at radius 2 is 1.90 bits per heavy atom. The fourth-order valence-electron chi connectivity index (χ4n) is 3.48. The van der Waals surface area contributed by atoms with Gasteiger partial charge in [0.1, 0.15) is 0 Å². The third kappa shape index (κ3) is 4.87. The largest absolute Gasteiger partial charge is 0.391 e. The van der Waals surface area contributed by atoms with Crippen LogP contribution in [0.1, 0.15) is 63.4 Å². The molecule has 162 valence electrons. The maximum absolute atomic E-state index is 10.1. The Kier molecular flexibility index (Phi) is 6.87. The Morgan fingerprint density at radius 1 is 1.13 bits per heavy atom. The van der Waals surface area contributed by atoms with Crippen LogP contribution in [0.5, 0.6) is 0 Å². The first-order valence-electron chi connectivity index (χ1n) is 10.6. The summed E-state index contributed by atoms with van der Waals surface area (Å²) >= 11 is 0. The predicted molar refractivity (Wildman–Crippen MR) is 121 cm³/mol. The number of hydrogen-bond acceptors (Lipinski definition) is 7. The lowest BCUT2D eigenvalue weighted by Gasteiger charge is -2.21. The molecule has 0 radical (unpaired) electrons. The monoisotopic (exact) mass is 411 g/mol. The van der Waals surface area contributed by atoms with Crippen molar-refractivity contribution < 1.29 is 5.11 Å². The molecule has 0 spiro atoms. The number of fused-ring (bicyclic) bond motifs is 1. The lowest BCUT2D eigenvalue weighted by molar-refractivity contribution is 0.166. The second kappa shape index (κ2) is 9.38. The van der Waals surface area contributed by atoms with E-state index >= 15 is 0 Å². The summed E-state index contributed by atoms with van der Waals surface area (Å²) in [5.74, 6) is 1.16. The first-order valence-corrected chi connectivity index (χ1v) is 10.6. The van der Waals surface area contributed by atoms with E-state index in [2.05, 4.69) is 54.4 Å². The van der Waals surface area contributed by atoms with Crippen molar-refractivity contribution >= 4 is 22.9 Å². The number of aliphatic hydroxyl groups is 1. The fraction of sp³-hybridized carbons (Fsp3) is 0.545. The van der Waals surface area contributed by atoms with Gasteiger partial charge in [-0.2, -0.15) is 9.97 Å². The van der Waals surface area contributed by atoms with Crippen LogP contribution < -0.4 is 10.6 Å². The predicted octanol–water partition coefficient (Wildman–Crippen LogP) is 3.99. The summed E-state index contributed by atoms with van der Waals surface area (Å²) in [6.07, 6.45) is 4.98. The van der Waals surface area contributed by atoms with E-state index in [9.17, 15) is 5.11 Å². The third-order valence-corrected chi connectivity index (χ3v) is 5.28. The number of rotatable bonds is 9. The van der Waals surface area contributed by atoms with Gasteiger partial charge in [0, 0.05) is 24.5 Å². The molecule has 0 amide bonds. The summed E-state index contributed by atoms with van der Waals surface area (Å²) in [6, 6.07) is 2.18. The van der Waals surface area contributed by atoms with Crippen molar-refractivity contribution in [1.29, 1.82) is 0 Å². The van der Waals surface area contributed by atoms with E-state index in [0.29, 0.717) is 18.3 Å². The minimum atomic E-state index is -0.503. The van der Waals surface area contributed by atoms with Gasteiger partial charge in [-0.25, -0.2) is 4.98 Å². The zero-order valence-electron chi connectivity index (χ0n) is 18.8. The normalized spacial score (nSPS) is 13.6. The smallest absolute Gasteiger partial charge is 0.227 e. The van der Waals surface area contributed by atoms with Crippen LogP contribution in [0.4, 0.5) is 11.8 Å². The molecule has 0 fully saturated rings. The van der Waals surface area contributed by atoms with Crippen molar-refractivity contribution in [1.82, 2.24) is 24.5 Å². The first-order chi connectivity index (χ1) is 14.3. The molecule has 0 aliphatic carbocycles. The molecule has 0 aliphatic rings. The summed E-state index contributed by atoms with van der Waals surface area (Å²) in [5.41, 5.74) is 4.80. The summed E-state index contributed by atoms with van der Waals surface area (Å²) in [7, 11) is 0. The van der Waals surface area contributed by atoms with Crippen molar-refractivity contribution in [2.24, 2.45) is 0 Å². The molecule has 0 saturated heterocycles. The van der Waals surface area contributed by atoms with E-state index in [1.807, 2.05) is 17.7 Å². The second-order valence-electron chi connectivity index (χ2n) is 8.20. The summed E-state index contributed by atoms with van der Waals surface area (Å²) in [4.78, 5) is 18.4. The Hall–Kier alpha value is -2.74. The standard InChI is InChI=1S/C22H33N7O/c1-7-8-18(16(6)30)26-22-27-20(19-21(28-22)29(12-25-19)13(2)3)24-11-17-10-23-15(5)9-14(17)4/h9-10,12-13,16,18,30H,7-8,11H2,1-6H3,(H2,24,26,27,28)/t16-,18?/m1/s1. The van der Waals surface area contributed by atoms with Gasteiger partial charge in [0.15, 0.2) is 17.0 Å².